The number of aromatic hydroxyl groups is 2. The molecule has 11 nitrogen and oxygen atoms in total. The van der Waals surface area contributed by atoms with E-state index in [2.05, 4.69) is 22.4 Å². The molecule has 0 fully saturated rings. The van der Waals surface area contributed by atoms with Crippen molar-refractivity contribution in [3.63, 3.8) is 0 Å². The quantitative estimate of drug-likeness (QED) is 0.0756. The molecule has 0 unspecified atom stereocenters. The van der Waals surface area contributed by atoms with E-state index in [0.717, 1.165) is 0 Å². The summed E-state index contributed by atoms with van der Waals surface area (Å²) < 4.78 is 11.5. The average molecular weight is 722 g/mol. The minimum atomic E-state index is -1.14. The first-order valence-electron chi connectivity index (χ1n) is 15.7. The molecule has 0 aromatic heterocycles. The number of isothiocyanates is 1. The Bertz CT molecular complexity index is 2890. The smallest absolute Gasteiger partial charge is 0.336 e. The monoisotopic (exact) mass is 721 g/mol. The maximum Gasteiger partial charge on any atom is 0.336 e. The largest absolute Gasteiger partial charge is 0.508 e. The van der Waals surface area contributed by atoms with Gasteiger partial charge in [0.2, 0.25) is 0 Å². The Balaban J connectivity index is 0.000000165. The molecule has 0 saturated carbocycles. The lowest BCUT2D eigenvalue weighted by molar-refractivity contribution is 0.0687. The van der Waals surface area contributed by atoms with Crippen molar-refractivity contribution in [1.29, 1.82) is 0 Å². The molecular formula is C41H23NO10S. The maximum atomic E-state index is 11.9. The van der Waals surface area contributed by atoms with Gasteiger partial charge in [-0.25, -0.2) is 9.59 Å². The Hall–Kier alpha value is -7.40. The second-order valence-electron chi connectivity index (χ2n) is 11.7. The van der Waals surface area contributed by atoms with Crippen molar-refractivity contribution in [2.75, 3.05) is 0 Å². The summed E-state index contributed by atoms with van der Waals surface area (Å²) in [6.07, 6.45) is 0. The van der Waals surface area contributed by atoms with E-state index in [1.807, 2.05) is 0 Å². The number of benzene rings is 6. The van der Waals surface area contributed by atoms with E-state index >= 15 is 0 Å². The van der Waals surface area contributed by atoms with Crippen LogP contribution in [0.4, 0.5) is 5.69 Å². The summed E-state index contributed by atoms with van der Waals surface area (Å²) in [4.78, 5) is 50.9. The van der Waals surface area contributed by atoms with Gasteiger partial charge in [0.15, 0.2) is 10.9 Å². The van der Waals surface area contributed by atoms with Crippen LogP contribution in [0, 0.1) is 0 Å². The Morgan fingerprint density at radius 3 is 1.57 bits per heavy atom. The fourth-order valence-corrected chi connectivity index (χ4v) is 6.34. The summed E-state index contributed by atoms with van der Waals surface area (Å²) >= 11 is 4.59. The summed E-state index contributed by atoms with van der Waals surface area (Å²) in [5.41, 5.74) is 4.13. The molecule has 0 saturated heterocycles. The first-order chi connectivity index (χ1) is 25.5. The van der Waals surface area contributed by atoms with E-state index < -0.39 is 11.9 Å². The normalized spacial score (nSPS) is 10.9. The fourth-order valence-electron chi connectivity index (χ4n) is 6.24. The lowest BCUT2D eigenvalue weighted by atomic mass is 9.90. The third-order valence-electron chi connectivity index (χ3n) is 8.46. The van der Waals surface area contributed by atoms with Crippen molar-refractivity contribution in [2.45, 2.75) is 0 Å². The third-order valence-corrected chi connectivity index (χ3v) is 8.55. The summed E-state index contributed by atoms with van der Waals surface area (Å²) in [5.74, 6) is -1.55. The van der Waals surface area contributed by atoms with Crippen LogP contribution in [0.15, 0.2) is 139 Å². The van der Waals surface area contributed by atoms with Crippen LogP contribution in [-0.4, -0.2) is 37.5 Å². The van der Waals surface area contributed by atoms with Crippen LogP contribution in [0.1, 0.15) is 20.7 Å². The predicted octanol–water partition coefficient (Wildman–Crippen LogP) is 8.67. The summed E-state index contributed by atoms with van der Waals surface area (Å²) in [7, 11) is 0. The molecule has 53 heavy (non-hydrogen) atoms. The molecule has 0 atom stereocenters. The number of thiocarbonyl (C=S) groups is 1. The number of phenolic OH excluding ortho intramolecular Hbond substituents is 2. The van der Waals surface area contributed by atoms with Crippen LogP contribution in [0.25, 0.3) is 66.8 Å². The van der Waals surface area contributed by atoms with Crippen molar-refractivity contribution < 1.29 is 38.8 Å². The molecule has 12 heteroatoms. The molecule has 258 valence electrons. The molecule has 0 radical (unpaired) electrons. The van der Waals surface area contributed by atoms with Crippen LogP contribution in [0.2, 0.25) is 0 Å². The number of fused-ring (bicyclic) bond motifs is 4. The van der Waals surface area contributed by atoms with E-state index in [4.69, 9.17) is 8.83 Å². The van der Waals surface area contributed by atoms with Gasteiger partial charge in [0.25, 0.3) is 0 Å². The molecule has 4 N–H and O–H groups in total. The zero-order chi connectivity index (χ0) is 37.4. The first-order valence-corrected chi connectivity index (χ1v) is 16.1. The van der Waals surface area contributed by atoms with Gasteiger partial charge in [-0.3, -0.25) is 9.59 Å². The number of aromatic carboxylic acids is 2. The summed E-state index contributed by atoms with van der Waals surface area (Å²) in [6, 6.07) is 29.2. The zero-order valence-electron chi connectivity index (χ0n) is 27.1. The number of carbonyl (C=O) groups is 2. The number of phenols is 2. The number of rotatable bonds is 5. The topological polar surface area (TPSA) is 188 Å². The number of carboxylic acids is 2. The summed E-state index contributed by atoms with van der Waals surface area (Å²) in [6.45, 7) is 0. The second kappa shape index (κ2) is 13.7. The second-order valence-corrected chi connectivity index (χ2v) is 11.9. The van der Waals surface area contributed by atoms with E-state index in [0.29, 0.717) is 66.8 Å². The van der Waals surface area contributed by atoms with E-state index in [1.54, 1.807) is 54.6 Å². The molecule has 4 aromatic rings. The lowest BCUT2D eigenvalue weighted by Gasteiger charge is -2.16. The Labute approximate surface area is 303 Å². The molecule has 0 amide bonds. The van der Waals surface area contributed by atoms with E-state index in [9.17, 15) is 39.6 Å². The molecular weight excluding hydrogens is 699 g/mol. The van der Waals surface area contributed by atoms with Crippen LogP contribution >= 0.6 is 12.2 Å². The highest BCUT2D eigenvalue weighted by Crippen LogP contribution is 2.43. The van der Waals surface area contributed by atoms with Crippen molar-refractivity contribution >= 4 is 56.9 Å². The highest BCUT2D eigenvalue weighted by atomic mass is 32.1. The number of hydrogen-bond donors (Lipinski definition) is 4. The van der Waals surface area contributed by atoms with Gasteiger partial charge >= 0.3 is 11.9 Å². The fraction of sp³-hybridized carbons (Fsp3) is 0. The van der Waals surface area contributed by atoms with Crippen LogP contribution < -0.4 is 10.9 Å². The van der Waals surface area contributed by atoms with Gasteiger partial charge in [-0.05, 0) is 90.1 Å². The number of hydrogen-bond acceptors (Lipinski definition) is 10. The maximum absolute atomic E-state index is 11.9. The van der Waals surface area contributed by atoms with Crippen LogP contribution in [-0.2, 0) is 0 Å². The van der Waals surface area contributed by atoms with Gasteiger partial charge in [-0.15, -0.1) is 0 Å². The molecule has 0 spiro atoms. The Kier molecular flexibility index (Phi) is 8.82. The standard InChI is InChI=1S/C21H11NO5S.C20H12O5/c23-12-2-5-15-18(8-12)27-19-9-13(24)3-6-16(19)20(15)14-4-1-11(22-10-28)7-17(14)21(25)26;21-11-5-7-15-17(9-11)25-18-10-12(22)6-8-16(18)19(15)13-3-1-2-4-14(13)20(23)24/h1-9,23H,(H,25,26);1-10,21H,(H,23,24). The molecule has 2 aliphatic carbocycles. The highest BCUT2D eigenvalue weighted by molar-refractivity contribution is 7.78. The van der Waals surface area contributed by atoms with Crippen LogP contribution in [0.5, 0.6) is 11.5 Å². The Morgan fingerprint density at radius 2 is 1.06 bits per heavy atom. The van der Waals surface area contributed by atoms with Crippen molar-refractivity contribution in [3.8, 4) is 56.4 Å². The Morgan fingerprint density at radius 1 is 0.566 bits per heavy atom. The SMILES string of the molecule is O=C(O)c1cc(N=C=S)ccc1-c1c2ccc(=O)cc-2oc2cc(O)ccc12.O=C(O)c1ccccc1-c1c2ccc(=O)cc-2oc2cc(O)ccc12. The lowest BCUT2D eigenvalue weighted by Crippen LogP contribution is -2.03. The van der Waals surface area contributed by atoms with Gasteiger partial charge in [0.05, 0.1) is 22.0 Å². The molecule has 8 rings (SSSR count). The van der Waals surface area contributed by atoms with Gasteiger partial charge in [0.1, 0.15) is 34.2 Å². The van der Waals surface area contributed by atoms with Crippen LogP contribution in [0.3, 0.4) is 0 Å². The molecule has 2 heterocycles. The minimum Gasteiger partial charge on any atom is -0.508 e. The number of nitrogens with zero attached hydrogens (tertiary/aromatic N) is 1. The molecule has 2 aliphatic heterocycles. The van der Waals surface area contributed by atoms with Gasteiger partial charge in [-0.2, -0.15) is 4.99 Å². The zero-order valence-corrected chi connectivity index (χ0v) is 27.9. The van der Waals surface area contributed by atoms with Crippen molar-refractivity contribution in [3.05, 3.63) is 147 Å². The number of carboxylic acid groups (broad SMARTS) is 2. The minimum absolute atomic E-state index is 0.0102. The van der Waals surface area contributed by atoms with E-state index in [-0.39, 0.29) is 39.2 Å². The van der Waals surface area contributed by atoms with Crippen molar-refractivity contribution in [1.82, 2.24) is 0 Å². The number of aliphatic imine (C=N–C) groups is 1. The molecule has 4 aliphatic rings. The molecule has 4 aromatic carbocycles. The van der Waals surface area contributed by atoms with Gasteiger partial charge in [0, 0.05) is 57.3 Å². The molecule has 0 bridgehead atoms. The predicted molar refractivity (Wildman–Crippen MR) is 201 cm³/mol. The van der Waals surface area contributed by atoms with Gasteiger partial charge in [-0.1, -0.05) is 24.3 Å². The van der Waals surface area contributed by atoms with Gasteiger partial charge < -0.3 is 29.3 Å². The average Bonchev–Trinajstić information content (AvgIpc) is 3.13. The summed E-state index contributed by atoms with van der Waals surface area (Å²) in [5, 5.41) is 42.3. The van der Waals surface area contributed by atoms with Crippen molar-refractivity contribution in [2.24, 2.45) is 4.99 Å². The van der Waals surface area contributed by atoms with E-state index in [1.165, 1.54) is 60.7 Å². The third kappa shape index (κ3) is 6.50. The first kappa shape index (κ1) is 34.1. The highest BCUT2D eigenvalue weighted by Gasteiger charge is 2.23.